The summed E-state index contributed by atoms with van der Waals surface area (Å²) < 4.78 is 12.7. The molecular weight excluding hydrogens is 322 g/mol. The molecule has 0 bridgehead atoms. The van der Waals surface area contributed by atoms with E-state index in [9.17, 15) is 4.79 Å². The Morgan fingerprint density at radius 3 is 2.76 bits per heavy atom. The average molecular weight is 347 g/mol. The Morgan fingerprint density at radius 2 is 2.20 bits per heavy atom. The molecule has 25 heavy (non-hydrogen) atoms. The molecule has 1 amide bonds. The van der Waals surface area contributed by atoms with Crippen LogP contribution in [0.3, 0.4) is 0 Å². The van der Waals surface area contributed by atoms with Crippen LogP contribution in [-0.4, -0.2) is 50.5 Å². The Kier molecular flexibility index (Phi) is 4.89. The van der Waals surface area contributed by atoms with E-state index in [0.29, 0.717) is 31.1 Å². The molecule has 0 aliphatic carbocycles. The van der Waals surface area contributed by atoms with Gasteiger partial charge in [0, 0.05) is 32.2 Å². The zero-order valence-corrected chi connectivity index (χ0v) is 15.4. The first-order chi connectivity index (χ1) is 11.9. The summed E-state index contributed by atoms with van der Waals surface area (Å²) in [4.78, 5) is 19.0. The van der Waals surface area contributed by atoms with Gasteiger partial charge in [-0.15, -0.1) is 0 Å². The molecule has 3 atom stereocenters. The Morgan fingerprint density at radius 1 is 1.44 bits per heavy atom. The average Bonchev–Trinajstić information content (AvgIpc) is 3.25. The van der Waals surface area contributed by atoms with Gasteiger partial charge in [0.15, 0.2) is 5.82 Å². The monoisotopic (exact) mass is 347 g/mol. The van der Waals surface area contributed by atoms with Crippen LogP contribution in [-0.2, 0) is 9.53 Å². The van der Waals surface area contributed by atoms with Gasteiger partial charge in [0.05, 0.1) is 17.8 Å². The van der Waals surface area contributed by atoms with E-state index in [-0.39, 0.29) is 24.1 Å². The number of ether oxygens (including phenoxy) is 1. The normalized spacial score (nSPS) is 21.7. The van der Waals surface area contributed by atoms with Crippen LogP contribution in [0.25, 0.3) is 0 Å². The van der Waals surface area contributed by atoms with Crippen LogP contribution < -0.4 is 0 Å². The molecule has 3 rings (SSSR count). The van der Waals surface area contributed by atoms with Crippen molar-refractivity contribution in [2.24, 2.45) is 0 Å². The minimum atomic E-state index is -0.230. The first-order valence-electron chi connectivity index (χ1n) is 8.54. The smallest absolute Gasteiger partial charge is 0.249 e. The Balaban J connectivity index is 1.75. The summed E-state index contributed by atoms with van der Waals surface area (Å²) in [6.07, 6.45) is 1.00. The molecule has 0 saturated carbocycles. The highest BCUT2D eigenvalue weighted by atomic mass is 16.5. The van der Waals surface area contributed by atoms with Gasteiger partial charge < -0.3 is 14.2 Å². The molecule has 1 aliphatic rings. The van der Waals surface area contributed by atoms with Crippen molar-refractivity contribution in [1.29, 1.82) is 0 Å². The summed E-state index contributed by atoms with van der Waals surface area (Å²) in [6.45, 7) is 8.27. The molecule has 0 spiro atoms. The molecule has 1 aliphatic heterocycles. The van der Waals surface area contributed by atoms with Gasteiger partial charge in [-0.3, -0.25) is 9.48 Å². The number of likely N-dealkylation sites (tertiary alicyclic amines) is 1. The molecule has 8 nitrogen and oxygen atoms in total. The summed E-state index contributed by atoms with van der Waals surface area (Å²) in [6, 6.07) is 1.76. The van der Waals surface area contributed by atoms with E-state index >= 15 is 0 Å². The highest BCUT2D eigenvalue weighted by Crippen LogP contribution is 2.33. The van der Waals surface area contributed by atoms with Gasteiger partial charge in [-0.2, -0.15) is 10.1 Å². The summed E-state index contributed by atoms with van der Waals surface area (Å²) >= 11 is 0. The van der Waals surface area contributed by atoms with E-state index in [1.54, 1.807) is 18.9 Å². The van der Waals surface area contributed by atoms with Crippen molar-refractivity contribution in [3.8, 4) is 0 Å². The van der Waals surface area contributed by atoms with Crippen LogP contribution in [0, 0.1) is 20.8 Å². The van der Waals surface area contributed by atoms with Crippen molar-refractivity contribution in [1.82, 2.24) is 24.8 Å². The second kappa shape index (κ2) is 6.95. The maximum absolute atomic E-state index is 12.9. The van der Waals surface area contributed by atoms with Gasteiger partial charge >= 0.3 is 0 Å². The molecule has 0 N–H and O–H groups in total. The molecular formula is C17H25N5O3. The highest BCUT2D eigenvalue weighted by Gasteiger charge is 2.39. The fraction of sp³-hybridized carbons (Fsp3) is 0.647. The Bertz CT molecular complexity index is 753. The standard InChI is InChI=1S/C17H25N5O3/c1-10-6-11(2)22(19-10)12(3)7-16(23)21-9-14(24-5)8-15(21)17-18-13(4)20-25-17/h6,12,14-15H,7-9H2,1-5H3. The van der Waals surface area contributed by atoms with Crippen molar-refractivity contribution < 1.29 is 14.1 Å². The van der Waals surface area contributed by atoms with Crippen LogP contribution in [0.15, 0.2) is 10.6 Å². The minimum absolute atomic E-state index is 0.0205. The van der Waals surface area contributed by atoms with Crippen LogP contribution in [0.2, 0.25) is 0 Å². The number of carbonyl (C=O) groups excluding carboxylic acids is 1. The third-order valence-corrected chi connectivity index (χ3v) is 4.68. The number of aromatic nitrogens is 4. The quantitative estimate of drug-likeness (QED) is 0.823. The lowest BCUT2D eigenvalue weighted by Gasteiger charge is -2.24. The van der Waals surface area contributed by atoms with Crippen LogP contribution in [0.4, 0.5) is 0 Å². The van der Waals surface area contributed by atoms with Crippen molar-refractivity contribution in [2.75, 3.05) is 13.7 Å². The Hall–Kier alpha value is -2.22. The van der Waals surface area contributed by atoms with Crippen molar-refractivity contribution in [2.45, 2.75) is 58.7 Å². The summed E-state index contributed by atoms with van der Waals surface area (Å²) in [5.74, 6) is 1.09. The van der Waals surface area contributed by atoms with Crippen LogP contribution in [0.1, 0.15) is 55.0 Å². The first-order valence-corrected chi connectivity index (χ1v) is 8.54. The SMILES string of the molecule is COC1CC(c2nc(C)no2)N(C(=O)CC(C)n2nc(C)cc2C)C1. The lowest BCUT2D eigenvalue weighted by Crippen LogP contribution is -2.33. The number of nitrogens with zero attached hydrogens (tertiary/aromatic N) is 5. The predicted molar refractivity (Wildman–Crippen MR) is 89.9 cm³/mol. The number of carbonyl (C=O) groups is 1. The van der Waals surface area contributed by atoms with Gasteiger partial charge in [0.2, 0.25) is 11.8 Å². The minimum Gasteiger partial charge on any atom is -0.380 e. The summed E-state index contributed by atoms with van der Waals surface area (Å²) in [5.41, 5.74) is 2.01. The van der Waals surface area contributed by atoms with E-state index in [2.05, 4.69) is 15.2 Å². The Labute approximate surface area is 147 Å². The molecule has 0 radical (unpaired) electrons. The fourth-order valence-electron chi connectivity index (χ4n) is 3.48. The van der Waals surface area contributed by atoms with E-state index in [0.717, 1.165) is 11.4 Å². The largest absolute Gasteiger partial charge is 0.380 e. The third kappa shape index (κ3) is 3.58. The van der Waals surface area contributed by atoms with Gasteiger partial charge in [0.1, 0.15) is 6.04 Å². The van der Waals surface area contributed by atoms with E-state index in [4.69, 9.17) is 9.26 Å². The molecule has 1 saturated heterocycles. The number of hydrogen-bond donors (Lipinski definition) is 0. The molecule has 8 heteroatoms. The van der Waals surface area contributed by atoms with E-state index in [1.807, 2.05) is 31.5 Å². The topological polar surface area (TPSA) is 86.3 Å². The maximum Gasteiger partial charge on any atom is 0.249 e. The van der Waals surface area contributed by atoms with Gasteiger partial charge in [-0.25, -0.2) is 0 Å². The van der Waals surface area contributed by atoms with Gasteiger partial charge in [0.25, 0.3) is 0 Å². The fourth-order valence-corrected chi connectivity index (χ4v) is 3.48. The second-order valence-electron chi connectivity index (χ2n) is 6.76. The number of amides is 1. The van der Waals surface area contributed by atoms with E-state index < -0.39 is 0 Å². The lowest BCUT2D eigenvalue weighted by molar-refractivity contribution is -0.133. The maximum atomic E-state index is 12.9. The number of hydrogen-bond acceptors (Lipinski definition) is 6. The molecule has 136 valence electrons. The van der Waals surface area contributed by atoms with Crippen molar-refractivity contribution in [3.05, 3.63) is 29.2 Å². The number of methoxy groups -OCH3 is 1. The summed E-state index contributed by atoms with van der Waals surface area (Å²) in [7, 11) is 1.66. The lowest BCUT2D eigenvalue weighted by atomic mass is 10.1. The molecule has 2 aromatic rings. The summed E-state index contributed by atoms with van der Waals surface area (Å²) in [5, 5.41) is 8.33. The molecule has 0 aromatic carbocycles. The first kappa shape index (κ1) is 17.6. The van der Waals surface area contributed by atoms with Crippen LogP contribution >= 0.6 is 0 Å². The highest BCUT2D eigenvalue weighted by molar-refractivity contribution is 5.77. The molecule has 3 unspecified atom stereocenters. The third-order valence-electron chi connectivity index (χ3n) is 4.68. The predicted octanol–water partition coefficient (Wildman–Crippen LogP) is 2.13. The van der Waals surface area contributed by atoms with E-state index in [1.165, 1.54) is 0 Å². The molecule has 1 fully saturated rings. The second-order valence-corrected chi connectivity index (χ2v) is 6.76. The van der Waals surface area contributed by atoms with Crippen molar-refractivity contribution >= 4 is 5.91 Å². The van der Waals surface area contributed by atoms with Crippen LogP contribution in [0.5, 0.6) is 0 Å². The zero-order valence-electron chi connectivity index (χ0n) is 15.4. The number of rotatable bonds is 5. The molecule has 3 heterocycles. The number of aryl methyl sites for hydroxylation is 3. The van der Waals surface area contributed by atoms with Crippen molar-refractivity contribution in [3.63, 3.8) is 0 Å². The van der Waals surface area contributed by atoms with Gasteiger partial charge in [-0.1, -0.05) is 5.16 Å². The van der Waals surface area contributed by atoms with Gasteiger partial charge in [-0.05, 0) is 33.8 Å². The molecule has 2 aromatic heterocycles. The zero-order chi connectivity index (χ0) is 18.1.